The van der Waals surface area contributed by atoms with Crippen LogP contribution in [-0.2, 0) is 11.3 Å². The van der Waals surface area contributed by atoms with Gasteiger partial charge in [-0.15, -0.1) is 0 Å². The van der Waals surface area contributed by atoms with Gasteiger partial charge >= 0.3 is 0 Å². The van der Waals surface area contributed by atoms with Crippen molar-refractivity contribution >= 4 is 0 Å². The summed E-state index contributed by atoms with van der Waals surface area (Å²) in [5, 5.41) is 0. The number of hydrogen-bond acceptors (Lipinski definition) is 2. The molecule has 0 radical (unpaired) electrons. The second kappa shape index (κ2) is 3.13. The molecule has 70 valence electrons. The maximum absolute atomic E-state index is 6.07. The average Bonchev–Trinajstić information content (AvgIpc) is 2.12. The van der Waals surface area contributed by atoms with Gasteiger partial charge in [-0.2, -0.15) is 0 Å². The number of aryl methyl sites for hydroxylation is 1. The maximum atomic E-state index is 6.07. The van der Waals surface area contributed by atoms with Gasteiger partial charge in [0.1, 0.15) is 0 Å². The van der Waals surface area contributed by atoms with Gasteiger partial charge in [0.2, 0.25) is 0 Å². The number of ether oxygens (including phenoxy) is 1. The Morgan fingerprint density at radius 1 is 1.46 bits per heavy atom. The predicted molar refractivity (Wildman–Crippen MR) is 52.4 cm³/mol. The molecule has 0 fully saturated rings. The summed E-state index contributed by atoms with van der Waals surface area (Å²) in [5.41, 5.74) is 9.86. The SMILES string of the molecule is Cc1cccc2c1C(N)[C@@H](C)OC2. The second-order valence-corrected chi connectivity index (χ2v) is 3.69. The lowest BCUT2D eigenvalue weighted by molar-refractivity contribution is 0.0211. The molecule has 2 rings (SSSR count). The molecule has 0 amide bonds. The summed E-state index contributed by atoms with van der Waals surface area (Å²) in [7, 11) is 0. The molecule has 0 saturated heterocycles. The first-order chi connectivity index (χ1) is 6.20. The zero-order valence-corrected chi connectivity index (χ0v) is 8.08. The fourth-order valence-electron chi connectivity index (χ4n) is 1.90. The third-order valence-electron chi connectivity index (χ3n) is 2.76. The first kappa shape index (κ1) is 8.73. The van der Waals surface area contributed by atoms with Gasteiger partial charge in [-0.05, 0) is 30.5 Å². The van der Waals surface area contributed by atoms with E-state index in [1.54, 1.807) is 0 Å². The van der Waals surface area contributed by atoms with Crippen molar-refractivity contribution in [2.24, 2.45) is 5.73 Å². The van der Waals surface area contributed by atoms with Crippen LogP contribution in [-0.4, -0.2) is 6.10 Å². The van der Waals surface area contributed by atoms with Crippen LogP contribution in [0.4, 0.5) is 0 Å². The highest BCUT2D eigenvalue weighted by molar-refractivity contribution is 5.38. The zero-order valence-electron chi connectivity index (χ0n) is 8.08. The van der Waals surface area contributed by atoms with Crippen LogP contribution in [0.3, 0.4) is 0 Å². The van der Waals surface area contributed by atoms with Gasteiger partial charge < -0.3 is 10.5 Å². The zero-order chi connectivity index (χ0) is 9.42. The van der Waals surface area contributed by atoms with Crippen LogP contribution < -0.4 is 5.73 Å². The van der Waals surface area contributed by atoms with E-state index in [-0.39, 0.29) is 12.1 Å². The second-order valence-electron chi connectivity index (χ2n) is 3.69. The lowest BCUT2D eigenvalue weighted by atomic mass is 9.91. The van der Waals surface area contributed by atoms with Crippen molar-refractivity contribution in [3.05, 3.63) is 34.9 Å². The fourth-order valence-corrected chi connectivity index (χ4v) is 1.90. The highest BCUT2D eigenvalue weighted by Crippen LogP contribution is 2.29. The van der Waals surface area contributed by atoms with Crippen LogP contribution >= 0.6 is 0 Å². The predicted octanol–water partition coefficient (Wildman–Crippen LogP) is 1.91. The summed E-state index contributed by atoms with van der Waals surface area (Å²) < 4.78 is 5.55. The first-order valence-corrected chi connectivity index (χ1v) is 4.65. The number of benzene rings is 1. The third kappa shape index (κ3) is 1.36. The third-order valence-corrected chi connectivity index (χ3v) is 2.76. The van der Waals surface area contributed by atoms with Gasteiger partial charge in [0, 0.05) is 0 Å². The van der Waals surface area contributed by atoms with Crippen molar-refractivity contribution in [3.63, 3.8) is 0 Å². The normalized spacial score (nSPS) is 27.0. The summed E-state index contributed by atoms with van der Waals surface area (Å²) in [4.78, 5) is 0. The quantitative estimate of drug-likeness (QED) is 0.657. The average molecular weight is 177 g/mol. The Labute approximate surface area is 78.7 Å². The largest absolute Gasteiger partial charge is 0.372 e. The number of nitrogens with two attached hydrogens (primary N) is 1. The Morgan fingerprint density at radius 3 is 3.00 bits per heavy atom. The van der Waals surface area contributed by atoms with E-state index in [9.17, 15) is 0 Å². The van der Waals surface area contributed by atoms with E-state index < -0.39 is 0 Å². The minimum Gasteiger partial charge on any atom is -0.372 e. The summed E-state index contributed by atoms with van der Waals surface area (Å²) in [5.74, 6) is 0. The monoisotopic (exact) mass is 177 g/mol. The number of fused-ring (bicyclic) bond motifs is 1. The van der Waals surface area contributed by atoms with E-state index in [0.717, 1.165) is 0 Å². The van der Waals surface area contributed by atoms with Gasteiger partial charge in [0.05, 0.1) is 18.8 Å². The standard InChI is InChI=1S/C11H15NO/c1-7-4-3-5-9-6-13-8(2)11(12)10(7)9/h3-5,8,11H,6,12H2,1-2H3/t8-,11?/m1/s1. The van der Waals surface area contributed by atoms with Crippen LogP contribution in [0.1, 0.15) is 29.7 Å². The summed E-state index contributed by atoms with van der Waals surface area (Å²) in [6.45, 7) is 4.84. The van der Waals surface area contributed by atoms with Crippen LogP contribution in [0.5, 0.6) is 0 Å². The van der Waals surface area contributed by atoms with Gasteiger partial charge in [-0.25, -0.2) is 0 Å². The summed E-state index contributed by atoms with van der Waals surface area (Å²) in [6.07, 6.45) is 0.133. The molecule has 1 aromatic carbocycles. The van der Waals surface area contributed by atoms with E-state index in [0.29, 0.717) is 6.61 Å². The van der Waals surface area contributed by atoms with E-state index in [4.69, 9.17) is 10.5 Å². The van der Waals surface area contributed by atoms with Crippen molar-refractivity contribution in [2.75, 3.05) is 0 Å². The van der Waals surface area contributed by atoms with Crippen molar-refractivity contribution in [3.8, 4) is 0 Å². The molecule has 0 saturated carbocycles. The Morgan fingerprint density at radius 2 is 2.23 bits per heavy atom. The molecular formula is C11H15NO. The Balaban J connectivity index is 2.51. The van der Waals surface area contributed by atoms with Gasteiger partial charge in [0.25, 0.3) is 0 Å². The van der Waals surface area contributed by atoms with Gasteiger partial charge in [-0.3, -0.25) is 0 Å². The van der Waals surface area contributed by atoms with E-state index >= 15 is 0 Å². The molecule has 2 nitrogen and oxygen atoms in total. The molecular weight excluding hydrogens is 162 g/mol. The molecule has 1 aliphatic heterocycles. The fraction of sp³-hybridized carbons (Fsp3) is 0.455. The molecule has 2 N–H and O–H groups in total. The molecule has 2 heteroatoms. The highest BCUT2D eigenvalue weighted by Gasteiger charge is 2.24. The molecule has 2 atom stereocenters. The molecule has 1 aromatic rings. The Kier molecular flexibility index (Phi) is 2.10. The lowest BCUT2D eigenvalue weighted by Gasteiger charge is -2.30. The topological polar surface area (TPSA) is 35.2 Å². The van der Waals surface area contributed by atoms with Crippen LogP contribution in [0.25, 0.3) is 0 Å². The lowest BCUT2D eigenvalue weighted by Crippen LogP contribution is -2.32. The highest BCUT2D eigenvalue weighted by atomic mass is 16.5. The molecule has 0 bridgehead atoms. The van der Waals surface area contributed by atoms with Crippen LogP contribution in [0.15, 0.2) is 18.2 Å². The molecule has 1 unspecified atom stereocenters. The Hall–Kier alpha value is -0.860. The summed E-state index contributed by atoms with van der Waals surface area (Å²) >= 11 is 0. The van der Waals surface area contributed by atoms with Crippen LogP contribution in [0, 0.1) is 6.92 Å². The van der Waals surface area contributed by atoms with Gasteiger partial charge in [-0.1, -0.05) is 18.2 Å². The molecule has 0 spiro atoms. The van der Waals surface area contributed by atoms with Crippen molar-refractivity contribution < 1.29 is 4.74 Å². The summed E-state index contributed by atoms with van der Waals surface area (Å²) in [6, 6.07) is 6.29. The smallest absolute Gasteiger partial charge is 0.0744 e. The van der Waals surface area contributed by atoms with Crippen molar-refractivity contribution in [2.45, 2.75) is 32.6 Å². The number of rotatable bonds is 0. The van der Waals surface area contributed by atoms with E-state index in [2.05, 4.69) is 25.1 Å². The van der Waals surface area contributed by atoms with E-state index in [1.807, 2.05) is 6.92 Å². The molecule has 0 aliphatic carbocycles. The maximum Gasteiger partial charge on any atom is 0.0744 e. The number of hydrogen-bond donors (Lipinski definition) is 1. The molecule has 1 heterocycles. The van der Waals surface area contributed by atoms with Crippen molar-refractivity contribution in [1.82, 2.24) is 0 Å². The molecule has 13 heavy (non-hydrogen) atoms. The van der Waals surface area contributed by atoms with Gasteiger partial charge in [0.15, 0.2) is 0 Å². The Bertz CT molecular complexity index is 322. The molecule has 1 aliphatic rings. The van der Waals surface area contributed by atoms with E-state index in [1.165, 1.54) is 16.7 Å². The minimum atomic E-state index is 0.0324. The molecule has 0 aromatic heterocycles. The van der Waals surface area contributed by atoms with Crippen LogP contribution in [0.2, 0.25) is 0 Å². The van der Waals surface area contributed by atoms with Crippen molar-refractivity contribution in [1.29, 1.82) is 0 Å². The minimum absolute atomic E-state index is 0.0324. The first-order valence-electron chi connectivity index (χ1n) is 4.65.